The minimum Gasteiger partial charge on any atom is -0.305 e. The summed E-state index contributed by atoms with van der Waals surface area (Å²) in [6, 6.07) is 0.107. The predicted octanol–water partition coefficient (Wildman–Crippen LogP) is 2.31. The Kier molecular flexibility index (Phi) is 4.42. The van der Waals surface area contributed by atoms with Crippen molar-refractivity contribution in [2.24, 2.45) is 14.1 Å². The van der Waals surface area contributed by atoms with Crippen LogP contribution in [0, 0.1) is 6.92 Å². The van der Waals surface area contributed by atoms with Crippen LogP contribution < -0.4 is 5.32 Å². The second-order valence-electron chi connectivity index (χ2n) is 4.70. The molecule has 6 heteroatoms. The van der Waals surface area contributed by atoms with Crippen molar-refractivity contribution >= 4 is 15.9 Å². The van der Waals surface area contributed by atoms with Gasteiger partial charge in [0.1, 0.15) is 0 Å². The molecule has 2 rings (SSSR count). The number of halogens is 1. The summed E-state index contributed by atoms with van der Waals surface area (Å²) >= 11 is 3.59. The summed E-state index contributed by atoms with van der Waals surface area (Å²) in [6.07, 6.45) is 4.86. The van der Waals surface area contributed by atoms with Gasteiger partial charge in [-0.15, -0.1) is 0 Å². The summed E-state index contributed by atoms with van der Waals surface area (Å²) in [6.45, 7) is 5.21. The summed E-state index contributed by atoms with van der Waals surface area (Å²) in [4.78, 5) is 0. The van der Waals surface area contributed by atoms with Crippen molar-refractivity contribution in [1.82, 2.24) is 24.9 Å². The lowest BCUT2D eigenvalue weighted by molar-refractivity contribution is 0.549. The highest BCUT2D eigenvalue weighted by Gasteiger charge is 2.23. The Bertz CT molecular complexity index is 538. The van der Waals surface area contributed by atoms with Gasteiger partial charge in [0.15, 0.2) is 0 Å². The van der Waals surface area contributed by atoms with E-state index in [2.05, 4.69) is 45.3 Å². The molecule has 0 aliphatic carbocycles. The van der Waals surface area contributed by atoms with Crippen LogP contribution in [0.1, 0.15) is 36.3 Å². The molecule has 0 saturated heterocycles. The fourth-order valence-corrected chi connectivity index (χ4v) is 2.76. The van der Waals surface area contributed by atoms with E-state index in [0.29, 0.717) is 0 Å². The van der Waals surface area contributed by atoms with Crippen molar-refractivity contribution in [2.45, 2.75) is 26.3 Å². The summed E-state index contributed by atoms with van der Waals surface area (Å²) in [5, 5.41) is 12.2. The number of hydrogen-bond donors (Lipinski definition) is 1. The second-order valence-corrected chi connectivity index (χ2v) is 5.55. The first-order chi connectivity index (χ1) is 9.06. The quantitative estimate of drug-likeness (QED) is 0.917. The maximum Gasteiger partial charge on any atom is 0.0793 e. The fourth-order valence-electron chi connectivity index (χ4n) is 2.19. The molecule has 19 heavy (non-hydrogen) atoms. The number of nitrogens with zero attached hydrogens (tertiary/aromatic N) is 4. The maximum absolute atomic E-state index is 4.35. The molecular formula is C13H20BrN5. The zero-order valence-corrected chi connectivity index (χ0v) is 13.4. The van der Waals surface area contributed by atoms with Crippen molar-refractivity contribution in [1.29, 1.82) is 0 Å². The van der Waals surface area contributed by atoms with Crippen LogP contribution in [0.25, 0.3) is 0 Å². The number of aryl methyl sites for hydroxylation is 2. The van der Waals surface area contributed by atoms with Gasteiger partial charge in [-0.05, 0) is 35.8 Å². The normalized spacial score (nSPS) is 12.9. The minimum atomic E-state index is 0.107. The third-order valence-corrected chi connectivity index (χ3v) is 4.00. The van der Waals surface area contributed by atoms with Gasteiger partial charge in [-0.3, -0.25) is 9.36 Å². The van der Waals surface area contributed by atoms with E-state index in [1.807, 2.05) is 35.9 Å². The Balaban J connectivity index is 2.44. The first kappa shape index (κ1) is 14.3. The first-order valence-corrected chi connectivity index (χ1v) is 7.24. The molecule has 0 fully saturated rings. The molecule has 5 nitrogen and oxygen atoms in total. The Morgan fingerprint density at radius 3 is 2.42 bits per heavy atom. The molecule has 0 bridgehead atoms. The number of rotatable bonds is 5. The fraction of sp³-hybridized carbons (Fsp3) is 0.538. The molecule has 0 radical (unpaired) electrons. The molecular weight excluding hydrogens is 306 g/mol. The van der Waals surface area contributed by atoms with Crippen LogP contribution >= 0.6 is 15.9 Å². The molecule has 2 aromatic heterocycles. The Morgan fingerprint density at radius 1 is 1.26 bits per heavy atom. The highest BCUT2D eigenvalue weighted by Crippen LogP contribution is 2.29. The van der Waals surface area contributed by atoms with E-state index in [0.717, 1.165) is 23.1 Å². The van der Waals surface area contributed by atoms with Crippen LogP contribution in [-0.4, -0.2) is 26.1 Å². The van der Waals surface area contributed by atoms with Gasteiger partial charge in [0, 0.05) is 25.4 Å². The number of nitrogens with one attached hydrogen (secondary N) is 1. The molecule has 0 aliphatic rings. The lowest BCUT2D eigenvalue weighted by Gasteiger charge is -2.19. The largest absolute Gasteiger partial charge is 0.305 e. The Labute approximate surface area is 122 Å². The van der Waals surface area contributed by atoms with Crippen molar-refractivity contribution in [3.8, 4) is 0 Å². The predicted molar refractivity (Wildman–Crippen MR) is 79.0 cm³/mol. The molecule has 0 saturated carbocycles. The van der Waals surface area contributed by atoms with Crippen molar-refractivity contribution in [3.05, 3.63) is 33.8 Å². The first-order valence-electron chi connectivity index (χ1n) is 6.45. The summed E-state index contributed by atoms with van der Waals surface area (Å²) in [5.74, 6) is 0. The van der Waals surface area contributed by atoms with Gasteiger partial charge in [0.05, 0.1) is 28.6 Å². The zero-order chi connectivity index (χ0) is 14.0. The van der Waals surface area contributed by atoms with Crippen LogP contribution in [0.3, 0.4) is 0 Å². The molecule has 2 heterocycles. The molecule has 1 N–H and O–H groups in total. The summed E-state index contributed by atoms with van der Waals surface area (Å²) in [7, 11) is 3.93. The molecule has 1 atom stereocenters. The Morgan fingerprint density at radius 2 is 1.95 bits per heavy atom. The SMILES string of the molecule is CCCNC(c1cnn(C)c1C)c1c(Br)cnn1C. The van der Waals surface area contributed by atoms with E-state index in [1.165, 1.54) is 11.3 Å². The Hall–Kier alpha value is -1.14. The minimum absolute atomic E-state index is 0.107. The molecule has 2 aromatic rings. The van der Waals surface area contributed by atoms with Gasteiger partial charge in [-0.1, -0.05) is 6.92 Å². The molecule has 104 valence electrons. The van der Waals surface area contributed by atoms with E-state index in [1.54, 1.807) is 0 Å². The van der Waals surface area contributed by atoms with Gasteiger partial charge in [-0.2, -0.15) is 10.2 Å². The van der Waals surface area contributed by atoms with Gasteiger partial charge in [-0.25, -0.2) is 0 Å². The van der Waals surface area contributed by atoms with E-state index in [-0.39, 0.29) is 6.04 Å². The number of aromatic nitrogens is 4. The van der Waals surface area contributed by atoms with E-state index in [9.17, 15) is 0 Å². The van der Waals surface area contributed by atoms with Gasteiger partial charge < -0.3 is 5.32 Å². The standard InChI is InChI=1S/C13H20BrN5/c1-5-6-15-12(10-7-16-18(3)9(10)2)13-11(14)8-17-19(13)4/h7-8,12,15H,5-6H2,1-4H3. The topological polar surface area (TPSA) is 47.7 Å². The van der Waals surface area contributed by atoms with Gasteiger partial charge in [0.2, 0.25) is 0 Å². The number of hydrogen-bond acceptors (Lipinski definition) is 3. The molecule has 0 aromatic carbocycles. The third-order valence-electron chi connectivity index (χ3n) is 3.39. The highest BCUT2D eigenvalue weighted by molar-refractivity contribution is 9.10. The smallest absolute Gasteiger partial charge is 0.0793 e. The maximum atomic E-state index is 4.35. The zero-order valence-electron chi connectivity index (χ0n) is 11.8. The average Bonchev–Trinajstić information content (AvgIpc) is 2.88. The van der Waals surface area contributed by atoms with Crippen LogP contribution in [0.2, 0.25) is 0 Å². The monoisotopic (exact) mass is 325 g/mol. The average molecular weight is 326 g/mol. The van der Waals surface area contributed by atoms with Gasteiger partial charge in [0.25, 0.3) is 0 Å². The van der Waals surface area contributed by atoms with Crippen LogP contribution in [0.15, 0.2) is 16.9 Å². The lowest BCUT2D eigenvalue weighted by atomic mass is 10.0. The third kappa shape index (κ3) is 2.74. The van der Waals surface area contributed by atoms with Gasteiger partial charge >= 0.3 is 0 Å². The van der Waals surface area contributed by atoms with Crippen molar-refractivity contribution < 1.29 is 0 Å². The van der Waals surface area contributed by atoms with Crippen LogP contribution in [0.4, 0.5) is 0 Å². The van der Waals surface area contributed by atoms with E-state index >= 15 is 0 Å². The molecule has 1 unspecified atom stereocenters. The van der Waals surface area contributed by atoms with Crippen LogP contribution in [0.5, 0.6) is 0 Å². The molecule has 0 amide bonds. The lowest BCUT2D eigenvalue weighted by Crippen LogP contribution is -2.26. The second kappa shape index (κ2) is 5.88. The summed E-state index contributed by atoms with van der Waals surface area (Å²) < 4.78 is 4.83. The van der Waals surface area contributed by atoms with E-state index in [4.69, 9.17) is 0 Å². The highest BCUT2D eigenvalue weighted by atomic mass is 79.9. The summed E-state index contributed by atoms with van der Waals surface area (Å²) in [5.41, 5.74) is 3.49. The van der Waals surface area contributed by atoms with Crippen LogP contribution in [-0.2, 0) is 14.1 Å². The van der Waals surface area contributed by atoms with Crippen molar-refractivity contribution in [2.75, 3.05) is 6.54 Å². The van der Waals surface area contributed by atoms with Crippen molar-refractivity contribution in [3.63, 3.8) is 0 Å². The van der Waals surface area contributed by atoms with E-state index < -0.39 is 0 Å². The molecule has 0 spiro atoms. The molecule has 0 aliphatic heterocycles.